The Morgan fingerprint density at radius 1 is 1.04 bits per heavy atom. The van der Waals surface area contributed by atoms with Crippen molar-refractivity contribution in [2.24, 2.45) is 0 Å². The highest BCUT2D eigenvalue weighted by Crippen LogP contribution is 2.35. The molecule has 0 unspecified atom stereocenters. The molecular weight excluding hydrogens is 326 g/mol. The monoisotopic (exact) mass is 353 g/mol. The maximum Gasteiger partial charge on any atom is 0.277 e. The van der Waals surface area contributed by atoms with E-state index in [1.54, 1.807) is 0 Å². The number of carbonyl (C=O) groups is 2. The molecule has 2 heterocycles. The van der Waals surface area contributed by atoms with E-state index in [9.17, 15) is 9.59 Å². The van der Waals surface area contributed by atoms with E-state index >= 15 is 0 Å². The van der Waals surface area contributed by atoms with Crippen LogP contribution in [0.1, 0.15) is 50.8 Å². The van der Waals surface area contributed by atoms with E-state index in [1.165, 1.54) is 4.90 Å². The highest BCUT2D eigenvalue weighted by atomic mass is 16.2. The molecule has 1 aliphatic rings. The summed E-state index contributed by atoms with van der Waals surface area (Å²) in [6.07, 6.45) is 3.75. The van der Waals surface area contributed by atoms with Crippen molar-refractivity contribution in [1.82, 2.24) is 15.2 Å². The molecule has 5 nitrogen and oxygen atoms in total. The van der Waals surface area contributed by atoms with Crippen LogP contribution in [0.25, 0.3) is 16.5 Å². The summed E-state index contributed by atoms with van der Waals surface area (Å²) >= 11 is 0. The second-order valence-corrected chi connectivity index (χ2v) is 6.82. The minimum Gasteiger partial charge on any atom is -0.380 e. The molecule has 138 valence electrons. The molecule has 0 aliphatic carbocycles. The summed E-state index contributed by atoms with van der Waals surface area (Å²) < 4.78 is 0. The van der Waals surface area contributed by atoms with Crippen molar-refractivity contribution in [3.05, 3.63) is 41.2 Å². The van der Waals surface area contributed by atoms with E-state index in [0.29, 0.717) is 24.4 Å². The van der Waals surface area contributed by atoms with Gasteiger partial charge in [-0.1, -0.05) is 44.9 Å². The van der Waals surface area contributed by atoms with Gasteiger partial charge < -0.3 is 10.3 Å². The number of carbonyl (C=O) groups excluding carboxylic acids is 2. The standard InChI is InChI=1S/C21H27N3O2/c1-4-6-12-22-19-18(20(25)24(21(19)26)13-7-5-2)17-14(3)23-16-11-9-8-10-15(16)17/h8-11,22-23H,4-7,12-13H2,1-3H3. The summed E-state index contributed by atoms with van der Waals surface area (Å²) in [5.41, 5.74) is 3.70. The topological polar surface area (TPSA) is 65.2 Å². The molecule has 2 aromatic rings. The molecule has 1 aromatic heterocycles. The highest BCUT2D eigenvalue weighted by Gasteiger charge is 2.40. The Bertz CT molecular complexity index is 863. The van der Waals surface area contributed by atoms with Gasteiger partial charge >= 0.3 is 0 Å². The van der Waals surface area contributed by atoms with Crippen LogP contribution < -0.4 is 5.32 Å². The molecule has 2 amide bonds. The first-order chi connectivity index (χ1) is 12.6. The predicted octanol–water partition coefficient (Wildman–Crippen LogP) is 3.75. The van der Waals surface area contributed by atoms with Crippen molar-refractivity contribution in [1.29, 1.82) is 0 Å². The van der Waals surface area contributed by atoms with E-state index in [4.69, 9.17) is 0 Å². The van der Waals surface area contributed by atoms with Crippen molar-refractivity contribution in [2.75, 3.05) is 13.1 Å². The van der Waals surface area contributed by atoms with E-state index in [0.717, 1.165) is 47.8 Å². The van der Waals surface area contributed by atoms with Gasteiger partial charge in [-0.25, -0.2) is 0 Å². The van der Waals surface area contributed by atoms with Gasteiger partial charge in [0.15, 0.2) is 0 Å². The molecule has 3 rings (SSSR count). The Hall–Kier alpha value is -2.56. The molecule has 0 atom stereocenters. The van der Waals surface area contributed by atoms with Gasteiger partial charge in [-0.3, -0.25) is 14.5 Å². The SMILES string of the molecule is CCCCNC1=C(c2c(C)[nH]c3ccccc23)C(=O)N(CCCC)C1=O. The zero-order valence-electron chi connectivity index (χ0n) is 15.8. The third-order valence-corrected chi connectivity index (χ3v) is 4.88. The molecular formula is C21H27N3O2. The summed E-state index contributed by atoms with van der Waals surface area (Å²) in [4.78, 5) is 30.8. The van der Waals surface area contributed by atoms with Crippen molar-refractivity contribution in [2.45, 2.75) is 46.5 Å². The quantitative estimate of drug-likeness (QED) is 0.561. The maximum atomic E-state index is 13.2. The van der Waals surface area contributed by atoms with Crippen LogP contribution in [0.3, 0.4) is 0 Å². The lowest BCUT2D eigenvalue weighted by atomic mass is 10.0. The number of nitrogens with one attached hydrogen (secondary N) is 2. The number of aryl methyl sites for hydroxylation is 1. The number of hydrogen-bond donors (Lipinski definition) is 2. The first-order valence-corrected chi connectivity index (χ1v) is 9.52. The summed E-state index contributed by atoms with van der Waals surface area (Å²) in [6.45, 7) is 7.29. The zero-order chi connectivity index (χ0) is 18.7. The fourth-order valence-electron chi connectivity index (χ4n) is 3.48. The van der Waals surface area contributed by atoms with Gasteiger partial charge in [-0.05, 0) is 25.8 Å². The van der Waals surface area contributed by atoms with E-state index in [2.05, 4.69) is 24.1 Å². The Morgan fingerprint density at radius 3 is 2.50 bits per heavy atom. The van der Waals surface area contributed by atoms with Gasteiger partial charge in [-0.2, -0.15) is 0 Å². The van der Waals surface area contributed by atoms with Gasteiger partial charge in [0.05, 0.1) is 5.57 Å². The number of hydrogen-bond acceptors (Lipinski definition) is 3. The van der Waals surface area contributed by atoms with Crippen molar-refractivity contribution in [3.63, 3.8) is 0 Å². The smallest absolute Gasteiger partial charge is 0.277 e. The Labute approximate surface area is 154 Å². The number of unbranched alkanes of at least 4 members (excludes halogenated alkanes) is 2. The zero-order valence-corrected chi connectivity index (χ0v) is 15.8. The third-order valence-electron chi connectivity index (χ3n) is 4.88. The molecule has 0 spiro atoms. The van der Waals surface area contributed by atoms with Crippen LogP contribution in [0.15, 0.2) is 30.0 Å². The van der Waals surface area contributed by atoms with E-state index in [1.807, 2.05) is 31.2 Å². The fraction of sp³-hybridized carbons (Fsp3) is 0.429. The lowest BCUT2D eigenvalue weighted by molar-refractivity contribution is -0.137. The van der Waals surface area contributed by atoms with Crippen molar-refractivity contribution < 1.29 is 9.59 Å². The van der Waals surface area contributed by atoms with E-state index < -0.39 is 0 Å². The fourth-order valence-corrected chi connectivity index (χ4v) is 3.48. The second kappa shape index (κ2) is 7.77. The average Bonchev–Trinajstić information content (AvgIpc) is 3.07. The number of amides is 2. The third kappa shape index (κ3) is 3.14. The Kier molecular flexibility index (Phi) is 5.45. The second-order valence-electron chi connectivity index (χ2n) is 6.82. The van der Waals surface area contributed by atoms with Gasteiger partial charge in [0.2, 0.25) is 0 Å². The largest absolute Gasteiger partial charge is 0.380 e. The Morgan fingerprint density at radius 2 is 1.77 bits per heavy atom. The van der Waals surface area contributed by atoms with Gasteiger partial charge in [0.1, 0.15) is 5.70 Å². The summed E-state index contributed by atoms with van der Waals surface area (Å²) in [5.74, 6) is -0.380. The minimum absolute atomic E-state index is 0.185. The number of H-pyrrole nitrogens is 1. The molecule has 0 bridgehead atoms. The number of para-hydroxylation sites is 1. The average molecular weight is 353 g/mol. The molecule has 0 saturated heterocycles. The number of nitrogens with zero attached hydrogens (tertiary/aromatic N) is 1. The predicted molar refractivity (Wildman–Crippen MR) is 104 cm³/mol. The Balaban J connectivity index is 2.10. The molecule has 26 heavy (non-hydrogen) atoms. The van der Waals surface area contributed by atoms with Crippen LogP contribution in [0.4, 0.5) is 0 Å². The van der Waals surface area contributed by atoms with Crippen molar-refractivity contribution in [3.8, 4) is 0 Å². The normalized spacial score (nSPS) is 14.8. The number of benzene rings is 1. The van der Waals surface area contributed by atoms with Crippen LogP contribution in [0.2, 0.25) is 0 Å². The minimum atomic E-state index is -0.195. The van der Waals surface area contributed by atoms with Crippen molar-refractivity contribution >= 4 is 28.3 Å². The van der Waals surface area contributed by atoms with Crippen LogP contribution in [-0.2, 0) is 9.59 Å². The molecule has 0 saturated carbocycles. The lowest BCUT2D eigenvalue weighted by Gasteiger charge is -2.14. The highest BCUT2D eigenvalue weighted by molar-refractivity contribution is 6.37. The lowest BCUT2D eigenvalue weighted by Crippen LogP contribution is -2.34. The van der Waals surface area contributed by atoms with Crippen LogP contribution in [0.5, 0.6) is 0 Å². The first kappa shape index (κ1) is 18.2. The summed E-state index contributed by atoms with van der Waals surface area (Å²) in [7, 11) is 0. The van der Waals surface area contributed by atoms with Crippen LogP contribution in [-0.4, -0.2) is 34.8 Å². The van der Waals surface area contributed by atoms with Crippen LogP contribution in [0, 0.1) is 6.92 Å². The molecule has 1 aromatic carbocycles. The first-order valence-electron chi connectivity index (χ1n) is 9.52. The molecule has 2 N–H and O–H groups in total. The molecule has 5 heteroatoms. The van der Waals surface area contributed by atoms with Gasteiger partial charge in [0, 0.05) is 35.2 Å². The van der Waals surface area contributed by atoms with Gasteiger partial charge in [-0.15, -0.1) is 0 Å². The number of aromatic amines is 1. The van der Waals surface area contributed by atoms with Gasteiger partial charge in [0.25, 0.3) is 11.8 Å². The number of rotatable bonds is 8. The summed E-state index contributed by atoms with van der Waals surface area (Å²) in [6, 6.07) is 7.91. The molecule has 1 aliphatic heterocycles. The molecule has 0 radical (unpaired) electrons. The number of fused-ring (bicyclic) bond motifs is 1. The molecule has 0 fully saturated rings. The maximum absolute atomic E-state index is 13.2. The van der Waals surface area contributed by atoms with Crippen LogP contribution >= 0.6 is 0 Å². The summed E-state index contributed by atoms with van der Waals surface area (Å²) in [5, 5.41) is 4.23. The number of aromatic nitrogens is 1. The number of imide groups is 1. The van der Waals surface area contributed by atoms with E-state index in [-0.39, 0.29) is 11.8 Å².